The number of nitriles is 1. The minimum atomic E-state index is -0.498. The van der Waals surface area contributed by atoms with E-state index in [1.807, 2.05) is 104 Å². The Kier molecular flexibility index (Phi) is 8.11. The van der Waals surface area contributed by atoms with Crippen LogP contribution in [0.5, 0.6) is 0 Å². The number of benzene rings is 4. The number of nitrogens with zero attached hydrogens (tertiary/aromatic N) is 2. The first-order valence-electron chi connectivity index (χ1n) is 13.3. The van der Waals surface area contributed by atoms with Gasteiger partial charge in [0.2, 0.25) is 5.91 Å². The molecule has 0 bridgehead atoms. The molecule has 6 rings (SSSR count). The van der Waals surface area contributed by atoms with Gasteiger partial charge in [0.15, 0.2) is 0 Å². The molecule has 8 heteroatoms. The first-order chi connectivity index (χ1) is 20.5. The van der Waals surface area contributed by atoms with Gasteiger partial charge in [0.05, 0.1) is 44.3 Å². The van der Waals surface area contributed by atoms with Gasteiger partial charge >= 0.3 is 0 Å². The first kappa shape index (κ1) is 27.8. The molecule has 1 aliphatic heterocycles. The van der Waals surface area contributed by atoms with Gasteiger partial charge in [-0.2, -0.15) is 5.26 Å². The van der Waals surface area contributed by atoms with Crippen LogP contribution in [0.2, 0.25) is 5.02 Å². The highest BCUT2D eigenvalue weighted by atomic mass is 35.5. The molecule has 1 atom stereocenters. The number of aromatic nitrogens is 1. The van der Waals surface area contributed by atoms with Crippen LogP contribution in [0.4, 0.5) is 5.69 Å². The zero-order valence-corrected chi connectivity index (χ0v) is 25.0. The summed E-state index contributed by atoms with van der Waals surface area (Å²) in [7, 11) is 0. The van der Waals surface area contributed by atoms with Gasteiger partial charge in [0.25, 0.3) is 0 Å². The van der Waals surface area contributed by atoms with Gasteiger partial charge in [-0.15, -0.1) is 11.3 Å². The van der Waals surface area contributed by atoms with Crippen LogP contribution in [0.3, 0.4) is 0 Å². The molecule has 4 aromatic carbocycles. The third-order valence-corrected chi connectivity index (χ3v) is 9.45. The lowest BCUT2D eigenvalue weighted by molar-refractivity contribution is -0.113. The van der Waals surface area contributed by atoms with Crippen LogP contribution in [-0.4, -0.2) is 16.6 Å². The van der Waals surface area contributed by atoms with E-state index in [0.29, 0.717) is 15.6 Å². The lowest BCUT2D eigenvalue weighted by Gasteiger charge is -2.31. The number of thioether (sulfide) groups is 1. The zero-order chi connectivity index (χ0) is 29.1. The predicted molar refractivity (Wildman–Crippen MR) is 175 cm³/mol. The number of carbonyl (C=O) groups excluding carboxylic acids is 1. The largest absolute Gasteiger partial charge is 0.349 e. The number of rotatable bonds is 7. The summed E-state index contributed by atoms with van der Waals surface area (Å²) < 4.78 is 1.06. The number of aryl methyl sites for hydroxylation is 1. The standard InChI is InChI=1S/C34H25ClN4OS2/c1-21-11-5-8-16-26(21)37-29(40)20-41-33-24(19-36)30(23-14-6-7-15-25(23)35)31(32(39-33)22-12-3-2-4-13-22)34-38-27-17-9-10-18-28(27)42-34/h2-18,30,39H,20H2,1H3,(H,37,40)/t30-/m0/s1. The van der Waals surface area contributed by atoms with E-state index in [0.717, 1.165) is 48.9 Å². The van der Waals surface area contributed by atoms with Crippen molar-refractivity contribution in [3.05, 3.63) is 140 Å². The second kappa shape index (κ2) is 12.3. The molecule has 0 spiro atoms. The molecule has 206 valence electrons. The van der Waals surface area contributed by atoms with E-state index in [-0.39, 0.29) is 11.7 Å². The summed E-state index contributed by atoms with van der Waals surface area (Å²) in [6, 6.07) is 35.8. The highest BCUT2D eigenvalue weighted by Crippen LogP contribution is 2.50. The van der Waals surface area contributed by atoms with Crippen molar-refractivity contribution in [1.82, 2.24) is 10.3 Å². The Morgan fingerprint density at radius 3 is 2.48 bits per heavy atom. The summed E-state index contributed by atoms with van der Waals surface area (Å²) in [4.78, 5) is 18.1. The fourth-order valence-electron chi connectivity index (χ4n) is 5.00. The SMILES string of the molecule is Cc1ccccc1NC(=O)CSC1=C(C#N)[C@H](c2ccccc2Cl)C(c2nc3ccccc3s2)=C(c2ccccc2)N1. The average Bonchev–Trinajstić information content (AvgIpc) is 3.45. The van der Waals surface area contributed by atoms with E-state index in [4.69, 9.17) is 16.6 Å². The van der Waals surface area contributed by atoms with Gasteiger partial charge in [0.1, 0.15) is 5.01 Å². The van der Waals surface area contributed by atoms with E-state index in [9.17, 15) is 10.1 Å². The predicted octanol–water partition coefficient (Wildman–Crippen LogP) is 8.62. The number of dihydropyridines is 1. The molecule has 1 aromatic heterocycles. The smallest absolute Gasteiger partial charge is 0.234 e. The number of anilines is 1. The van der Waals surface area contributed by atoms with Gasteiger partial charge in [-0.1, -0.05) is 102 Å². The summed E-state index contributed by atoms with van der Waals surface area (Å²) in [5.41, 5.74) is 6.60. The number of fused-ring (bicyclic) bond motifs is 1. The average molecular weight is 605 g/mol. The van der Waals surface area contributed by atoms with Gasteiger partial charge in [0, 0.05) is 16.3 Å². The van der Waals surface area contributed by atoms with Crippen molar-refractivity contribution in [3.63, 3.8) is 0 Å². The number of hydrogen-bond donors (Lipinski definition) is 2. The maximum atomic E-state index is 13.0. The molecule has 0 saturated carbocycles. The molecule has 1 aliphatic rings. The first-order valence-corrected chi connectivity index (χ1v) is 15.5. The topological polar surface area (TPSA) is 77.8 Å². The molecule has 0 fully saturated rings. The number of para-hydroxylation sites is 2. The monoisotopic (exact) mass is 604 g/mol. The molecule has 0 saturated heterocycles. The summed E-state index contributed by atoms with van der Waals surface area (Å²) in [6.45, 7) is 1.95. The molecule has 0 aliphatic carbocycles. The number of carbonyl (C=O) groups is 1. The van der Waals surface area contributed by atoms with E-state index < -0.39 is 5.92 Å². The van der Waals surface area contributed by atoms with Crippen molar-refractivity contribution < 1.29 is 4.79 Å². The van der Waals surface area contributed by atoms with Crippen LogP contribution in [0.25, 0.3) is 21.5 Å². The summed E-state index contributed by atoms with van der Waals surface area (Å²) in [5.74, 6) is -0.532. The number of amides is 1. The molecule has 2 heterocycles. The number of thiazole rings is 1. The summed E-state index contributed by atoms with van der Waals surface area (Å²) in [5, 5.41) is 19.2. The van der Waals surface area contributed by atoms with Crippen LogP contribution >= 0.6 is 34.7 Å². The number of halogens is 1. The third-order valence-electron chi connectivity index (χ3n) is 7.02. The summed E-state index contributed by atoms with van der Waals surface area (Å²) >= 11 is 9.72. The maximum Gasteiger partial charge on any atom is 0.234 e. The molecule has 5 aromatic rings. The van der Waals surface area contributed by atoms with Crippen molar-refractivity contribution in [2.45, 2.75) is 12.8 Å². The van der Waals surface area contributed by atoms with Crippen LogP contribution in [0, 0.1) is 18.3 Å². The third kappa shape index (κ3) is 5.57. The molecule has 1 amide bonds. The highest BCUT2D eigenvalue weighted by molar-refractivity contribution is 8.03. The molecule has 42 heavy (non-hydrogen) atoms. The van der Waals surface area contributed by atoms with Gasteiger partial charge in [-0.25, -0.2) is 4.98 Å². The second-order valence-electron chi connectivity index (χ2n) is 9.73. The molecule has 5 nitrogen and oxygen atoms in total. The summed E-state index contributed by atoms with van der Waals surface area (Å²) in [6.07, 6.45) is 0. The van der Waals surface area contributed by atoms with E-state index in [1.165, 1.54) is 11.8 Å². The quantitative estimate of drug-likeness (QED) is 0.194. The van der Waals surface area contributed by atoms with Gasteiger partial charge in [-0.3, -0.25) is 4.79 Å². The number of allylic oxidation sites excluding steroid dienone is 2. The molecule has 0 radical (unpaired) electrons. The van der Waals surface area contributed by atoms with Crippen molar-refractivity contribution in [1.29, 1.82) is 5.26 Å². The Hall–Kier alpha value is -4.35. The fourth-order valence-corrected chi connectivity index (χ4v) is 7.14. The van der Waals surface area contributed by atoms with Crippen LogP contribution < -0.4 is 10.6 Å². The second-order valence-corrected chi connectivity index (χ2v) is 12.2. The molecule has 0 unspecified atom stereocenters. The number of nitrogens with one attached hydrogen (secondary N) is 2. The van der Waals surface area contributed by atoms with Crippen molar-refractivity contribution in [2.24, 2.45) is 0 Å². The Morgan fingerprint density at radius 2 is 1.71 bits per heavy atom. The Labute approximate surface area is 257 Å². The Bertz CT molecular complexity index is 1870. The van der Waals surface area contributed by atoms with Crippen molar-refractivity contribution in [3.8, 4) is 6.07 Å². The minimum absolute atomic E-state index is 0.121. The van der Waals surface area contributed by atoms with Crippen LogP contribution in [-0.2, 0) is 4.79 Å². The van der Waals surface area contributed by atoms with Crippen LogP contribution in [0.15, 0.2) is 114 Å². The number of hydrogen-bond acceptors (Lipinski definition) is 6. The maximum absolute atomic E-state index is 13.0. The van der Waals surface area contributed by atoms with E-state index in [2.05, 4.69) is 22.8 Å². The highest BCUT2D eigenvalue weighted by Gasteiger charge is 2.36. The minimum Gasteiger partial charge on any atom is -0.349 e. The van der Waals surface area contributed by atoms with Crippen molar-refractivity contribution in [2.75, 3.05) is 11.1 Å². The molecule has 2 N–H and O–H groups in total. The molecular formula is C34H25ClN4OS2. The fraction of sp³-hybridized carbons (Fsp3) is 0.0882. The lowest BCUT2D eigenvalue weighted by Crippen LogP contribution is -2.25. The Morgan fingerprint density at radius 1 is 1.00 bits per heavy atom. The van der Waals surface area contributed by atoms with Crippen LogP contribution in [0.1, 0.15) is 27.6 Å². The Balaban J connectivity index is 1.48. The van der Waals surface area contributed by atoms with Gasteiger partial charge in [-0.05, 0) is 47.9 Å². The lowest BCUT2D eigenvalue weighted by atomic mass is 9.81. The van der Waals surface area contributed by atoms with E-state index >= 15 is 0 Å². The van der Waals surface area contributed by atoms with Gasteiger partial charge < -0.3 is 10.6 Å². The van der Waals surface area contributed by atoms with E-state index in [1.54, 1.807) is 11.3 Å². The zero-order valence-electron chi connectivity index (χ0n) is 22.6. The van der Waals surface area contributed by atoms with Crippen molar-refractivity contribution >= 4 is 67.8 Å². The molecular weight excluding hydrogens is 580 g/mol. The normalized spacial score (nSPS) is 14.9.